The van der Waals surface area contributed by atoms with Crippen molar-refractivity contribution in [1.29, 1.82) is 5.26 Å². The average Bonchev–Trinajstić information content (AvgIpc) is 2.25. The van der Waals surface area contributed by atoms with E-state index in [4.69, 9.17) is 5.26 Å². The molecule has 0 bridgehead atoms. The number of anilines is 1. The molecule has 0 N–H and O–H groups in total. The number of aromatic nitrogens is 2. The lowest BCUT2D eigenvalue weighted by molar-refractivity contribution is 0.755. The van der Waals surface area contributed by atoms with Crippen LogP contribution < -0.4 is 4.90 Å². The predicted octanol–water partition coefficient (Wildman–Crippen LogP) is 1.89. The lowest BCUT2D eigenvalue weighted by Crippen LogP contribution is -2.21. The summed E-state index contributed by atoms with van der Waals surface area (Å²) in [6.45, 7) is 4.89. The van der Waals surface area contributed by atoms with Crippen LogP contribution >= 0.6 is 0 Å². The second kappa shape index (κ2) is 5.30. The van der Waals surface area contributed by atoms with Gasteiger partial charge in [-0.3, -0.25) is 0 Å². The number of rotatable bonds is 4. The monoisotopic (exact) mass is 204 g/mol. The van der Waals surface area contributed by atoms with E-state index in [9.17, 15) is 0 Å². The van der Waals surface area contributed by atoms with Gasteiger partial charge in [-0.15, -0.1) is 0 Å². The summed E-state index contributed by atoms with van der Waals surface area (Å²) in [7, 11) is 1.96. The molecule has 0 atom stereocenters. The standard InChI is InChI=1S/C11H16N4/c1-4-5-6-15(3)11-10(7-12)8-13-9(2)14-11/h8H,4-6H2,1-3H3. The Bertz CT molecular complexity index is 367. The highest BCUT2D eigenvalue weighted by Gasteiger charge is 2.09. The second-order valence-corrected chi connectivity index (χ2v) is 3.54. The molecule has 1 aromatic heterocycles. The Balaban J connectivity index is 2.91. The van der Waals surface area contributed by atoms with E-state index in [1.807, 2.05) is 18.9 Å². The van der Waals surface area contributed by atoms with Crippen LogP contribution in [0.2, 0.25) is 0 Å². The third-order valence-electron chi connectivity index (χ3n) is 2.22. The number of aryl methyl sites for hydroxylation is 1. The number of hydrogen-bond donors (Lipinski definition) is 0. The minimum absolute atomic E-state index is 0.541. The fraction of sp³-hybridized carbons (Fsp3) is 0.545. The van der Waals surface area contributed by atoms with E-state index < -0.39 is 0 Å². The highest BCUT2D eigenvalue weighted by atomic mass is 15.2. The summed E-state index contributed by atoms with van der Waals surface area (Å²) in [5.74, 6) is 1.44. The van der Waals surface area contributed by atoms with Crippen molar-refractivity contribution >= 4 is 5.82 Å². The zero-order valence-corrected chi connectivity index (χ0v) is 9.49. The molecule has 4 heteroatoms. The summed E-state index contributed by atoms with van der Waals surface area (Å²) in [6, 6.07) is 2.11. The van der Waals surface area contributed by atoms with E-state index in [0.29, 0.717) is 11.4 Å². The largest absolute Gasteiger partial charge is 0.358 e. The van der Waals surface area contributed by atoms with Gasteiger partial charge in [-0.05, 0) is 13.3 Å². The van der Waals surface area contributed by atoms with Crippen molar-refractivity contribution in [1.82, 2.24) is 9.97 Å². The van der Waals surface area contributed by atoms with Gasteiger partial charge in [0.05, 0.1) is 6.20 Å². The number of nitriles is 1. The van der Waals surface area contributed by atoms with Crippen molar-refractivity contribution in [3.8, 4) is 6.07 Å². The Morgan fingerprint density at radius 1 is 1.53 bits per heavy atom. The SMILES string of the molecule is CCCCN(C)c1nc(C)ncc1C#N. The van der Waals surface area contributed by atoms with Crippen LogP contribution in [0.1, 0.15) is 31.2 Å². The summed E-state index contributed by atoms with van der Waals surface area (Å²) >= 11 is 0. The molecule has 0 aromatic carbocycles. The van der Waals surface area contributed by atoms with Crippen LogP contribution in [0.3, 0.4) is 0 Å². The van der Waals surface area contributed by atoms with Crippen molar-refractivity contribution in [2.45, 2.75) is 26.7 Å². The van der Waals surface area contributed by atoms with Crippen molar-refractivity contribution in [3.05, 3.63) is 17.6 Å². The molecule has 0 aliphatic heterocycles. The highest BCUT2D eigenvalue weighted by Crippen LogP contribution is 2.15. The molecular formula is C11H16N4. The Kier molecular flexibility index (Phi) is 4.04. The Labute approximate surface area is 90.6 Å². The predicted molar refractivity (Wildman–Crippen MR) is 59.7 cm³/mol. The van der Waals surface area contributed by atoms with Crippen LogP contribution in [0.4, 0.5) is 5.82 Å². The molecule has 1 aromatic rings. The minimum Gasteiger partial charge on any atom is -0.358 e. The average molecular weight is 204 g/mol. The van der Waals surface area contributed by atoms with E-state index in [-0.39, 0.29) is 0 Å². The van der Waals surface area contributed by atoms with Gasteiger partial charge in [0.1, 0.15) is 23.3 Å². The van der Waals surface area contributed by atoms with E-state index in [1.54, 1.807) is 6.20 Å². The molecule has 0 aliphatic rings. The first-order valence-electron chi connectivity index (χ1n) is 5.14. The molecular weight excluding hydrogens is 188 g/mol. The molecule has 0 unspecified atom stereocenters. The molecule has 0 saturated heterocycles. The molecule has 0 amide bonds. The maximum absolute atomic E-state index is 8.93. The van der Waals surface area contributed by atoms with Crippen molar-refractivity contribution < 1.29 is 0 Å². The van der Waals surface area contributed by atoms with E-state index >= 15 is 0 Å². The van der Waals surface area contributed by atoms with Gasteiger partial charge in [0.15, 0.2) is 0 Å². The lowest BCUT2D eigenvalue weighted by atomic mass is 10.3. The highest BCUT2D eigenvalue weighted by molar-refractivity contribution is 5.52. The third kappa shape index (κ3) is 2.91. The molecule has 1 rings (SSSR count). The van der Waals surface area contributed by atoms with Crippen molar-refractivity contribution in [2.75, 3.05) is 18.5 Å². The molecule has 80 valence electrons. The molecule has 15 heavy (non-hydrogen) atoms. The topological polar surface area (TPSA) is 52.8 Å². The van der Waals surface area contributed by atoms with Gasteiger partial charge in [0.2, 0.25) is 0 Å². The van der Waals surface area contributed by atoms with Crippen molar-refractivity contribution in [2.24, 2.45) is 0 Å². The lowest BCUT2D eigenvalue weighted by Gasteiger charge is -2.18. The summed E-state index contributed by atoms with van der Waals surface area (Å²) in [5.41, 5.74) is 0.541. The zero-order chi connectivity index (χ0) is 11.3. The van der Waals surface area contributed by atoms with Crippen molar-refractivity contribution in [3.63, 3.8) is 0 Å². The van der Waals surface area contributed by atoms with E-state index in [2.05, 4.69) is 23.0 Å². The zero-order valence-electron chi connectivity index (χ0n) is 9.49. The molecule has 0 fully saturated rings. The van der Waals surface area contributed by atoms with Gasteiger partial charge in [-0.2, -0.15) is 5.26 Å². The normalized spacial score (nSPS) is 9.73. The van der Waals surface area contributed by atoms with Gasteiger partial charge < -0.3 is 4.90 Å². The third-order valence-corrected chi connectivity index (χ3v) is 2.22. The van der Waals surface area contributed by atoms with Crippen LogP contribution in [-0.4, -0.2) is 23.6 Å². The first kappa shape index (κ1) is 11.4. The molecule has 0 saturated carbocycles. The fourth-order valence-corrected chi connectivity index (χ4v) is 1.33. The Morgan fingerprint density at radius 2 is 2.27 bits per heavy atom. The van der Waals surface area contributed by atoms with E-state index in [0.717, 1.165) is 25.2 Å². The number of unbranched alkanes of at least 4 members (excludes halogenated alkanes) is 1. The van der Waals surface area contributed by atoms with Gasteiger partial charge in [0, 0.05) is 13.6 Å². The van der Waals surface area contributed by atoms with Gasteiger partial charge in [0.25, 0.3) is 0 Å². The van der Waals surface area contributed by atoms with Gasteiger partial charge in [-0.25, -0.2) is 9.97 Å². The van der Waals surface area contributed by atoms with Crippen LogP contribution in [0.25, 0.3) is 0 Å². The number of nitrogens with zero attached hydrogens (tertiary/aromatic N) is 4. The second-order valence-electron chi connectivity index (χ2n) is 3.54. The maximum atomic E-state index is 8.93. The summed E-state index contributed by atoms with van der Waals surface area (Å²) in [6.07, 6.45) is 3.82. The Hall–Kier alpha value is -1.63. The van der Waals surface area contributed by atoms with Gasteiger partial charge in [-0.1, -0.05) is 13.3 Å². The molecule has 4 nitrogen and oxygen atoms in total. The van der Waals surface area contributed by atoms with Gasteiger partial charge >= 0.3 is 0 Å². The van der Waals surface area contributed by atoms with Crippen LogP contribution in [-0.2, 0) is 0 Å². The van der Waals surface area contributed by atoms with E-state index in [1.165, 1.54) is 0 Å². The fourth-order valence-electron chi connectivity index (χ4n) is 1.33. The first-order valence-corrected chi connectivity index (χ1v) is 5.14. The summed E-state index contributed by atoms with van der Waals surface area (Å²) in [4.78, 5) is 10.3. The Morgan fingerprint density at radius 3 is 2.87 bits per heavy atom. The minimum atomic E-state index is 0.541. The smallest absolute Gasteiger partial charge is 0.150 e. The molecule has 0 aliphatic carbocycles. The van der Waals surface area contributed by atoms with Crippen LogP contribution in [0.15, 0.2) is 6.20 Å². The maximum Gasteiger partial charge on any atom is 0.150 e. The number of hydrogen-bond acceptors (Lipinski definition) is 4. The molecule has 1 heterocycles. The molecule has 0 spiro atoms. The quantitative estimate of drug-likeness (QED) is 0.751. The van der Waals surface area contributed by atoms with Crippen LogP contribution in [0, 0.1) is 18.3 Å². The first-order chi connectivity index (χ1) is 7.19. The molecule has 0 radical (unpaired) electrons. The van der Waals surface area contributed by atoms with Crippen LogP contribution in [0.5, 0.6) is 0 Å². The summed E-state index contributed by atoms with van der Waals surface area (Å²) in [5, 5.41) is 8.93. The summed E-state index contributed by atoms with van der Waals surface area (Å²) < 4.78 is 0.